The highest BCUT2D eigenvalue weighted by molar-refractivity contribution is 5.89. The third kappa shape index (κ3) is 6.13. The standard InChI is InChI=1S/C28H27N3O6/c1-4-23(27(32)33)20-11-8-12-22(15-20)36-24-14-13-21(16-29-24)25-17(2)31-37-26(25)30-28(34)35-18(3)19-9-6-5-7-10-19/h5-16,18,23H,4H2,1-3H3,(H,30,34)(H,32,33). The lowest BCUT2D eigenvalue weighted by Crippen LogP contribution is -2.16. The van der Waals surface area contributed by atoms with Crippen molar-refractivity contribution in [3.63, 3.8) is 0 Å². The van der Waals surface area contributed by atoms with Gasteiger partial charge in [0.25, 0.3) is 0 Å². The lowest BCUT2D eigenvalue weighted by molar-refractivity contribution is -0.138. The number of ether oxygens (including phenoxy) is 2. The average Bonchev–Trinajstić information content (AvgIpc) is 3.25. The fourth-order valence-corrected chi connectivity index (χ4v) is 3.93. The van der Waals surface area contributed by atoms with E-state index in [-0.39, 0.29) is 5.88 Å². The zero-order chi connectivity index (χ0) is 26.4. The van der Waals surface area contributed by atoms with Crippen molar-refractivity contribution >= 4 is 17.9 Å². The van der Waals surface area contributed by atoms with Gasteiger partial charge in [-0.15, -0.1) is 0 Å². The summed E-state index contributed by atoms with van der Waals surface area (Å²) in [7, 11) is 0. The molecule has 0 spiro atoms. The van der Waals surface area contributed by atoms with Gasteiger partial charge in [0.05, 0.1) is 17.2 Å². The molecule has 0 bridgehead atoms. The molecule has 0 saturated carbocycles. The first-order valence-electron chi connectivity index (χ1n) is 11.8. The number of pyridine rings is 1. The summed E-state index contributed by atoms with van der Waals surface area (Å²) in [6.07, 6.45) is 0.925. The van der Waals surface area contributed by atoms with E-state index in [0.717, 1.165) is 5.56 Å². The van der Waals surface area contributed by atoms with Gasteiger partial charge in [-0.25, -0.2) is 9.78 Å². The van der Waals surface area contributed by atoms with Crippen LogP contribution < -0.4 is 10.1 Å². The molecule has 2 aromatic carbocycles. The van der Waals surface area contributed by atoms with Crippen LogP contribution in [0.2, 0.25) is 0 Å². The van der Waals surface area contributed by atoms with Crippen LogP contribution in [0.25, 0.3) is 11.1 Å². The molecular weight excluding hydrogens is 474 g/mol. The maximum absolute atomic E-state index is 12.5. The van der Waals surface area contributed by atoms with Crippen molar-refractivity contribution in [3.8, 4) is 22.8 Å². The van der Waals surface area contributed by atoms with Crippen LogP contribution in [-0.4, -0.2) is 27.3 Å². The lowest BCUT2D eigenvalue weighted by atomic mass is 9.97. The minimum atomic E-state index is -0.881. The third-order valence-electron chi connectivity index (χ3n) is 5.85. The number of rotatable bonds is 9. The van der Waals surface area contributed by atoms with Crippen molar-refractivity contribution in [3.05, 3.63) is 89.7 Å². The Morgan fingerprint density at radius 3 is 2.49 bits per heavy atom. The Hall–Kier alpha value is -4.66. The number of hydrogen-bond donors (Lipinski definition) is 2. The van der Waals surface area contributed by atoms with Gasteiger partial charge in [0.2, 0.25) is 11.8 Å². The van der Waals surface area contributed by atoms with Gasteiger partial charge in [0.1, 0.15) is 11.9 Å². The molecule has 1 amide bonds. The maximum atomic E-state index is 12.5. The molecule has 9 heteroatoms. The van der Waals surface area contributed by atoms with Crippen LogP contribution >= 0.6 is 0 Å². The summed E-state index contributed by atoms with van der Waals surface area (Å²) in [4.78, 5) is 28.3. The highest BCUT2D eigenvalue weighted by Gasteiger charge is 2.21. The van der Waals surface area contributed by atoms with Crippen LogP contribution in [0.4, 0.5) is 10.7 Å². The van der Waals surface area contributed by atoms with Crippen molar-refractivity contribution in [1.29, 1.82) is 0 Å². The molecule has 9 nitrogen and oxygen atoms in total. The largest absolute Gasteiger partial charge is 0.481 e. The number of carboxylic acids is 1. The molecule has 0 aliphatic carbocycles. The van der Waals surface area contributed by atoms with Crippen molar-refractivity contribution in [2.45, 2.75) is 39.2 Å². The second-order valence-corrected chi connectivity index (χ2v) is 8.41. The van der Waals surface area contributed by atoms with Crippen molar-refractivity contribution in [2.75, 3.05) is 5.32 Å². The second-order valence-electron chi connectivity index (χ2n) is 8.41. The highest BCUT2D eigenvalue weighted by atomic mass is 16.6. The molecule has 2 N–H and O–H groups in total. The highest BCUT2D eigenvalue weighted by Crippen LogP contribution is 2.33. The Bertz CT molecular complexity index is 1370. The van der Waals surface area contributed by atoms with E-state index in [0.29, 0.717) is 40.4 Å². The van der Waals surface area contributed by atoms with Gasteiger partial charge in [-0.05, 0) is 49.6 Å². The van der Waals surface area contributed by atoms with Gasteiger partial charge in [-0.1, -0.05) is 54.5 Å². The van der Waals surface area contributed by atoms with E-state index in [1.807, 2.05) is 37.3 Å². The van der Waals surface area contributed by atoms with E-state index >= 15 is 0 Å². The normalized spacial score (nSPS) is 12.4. The second kappa shape index (κ2) is 11.4. The predicted molar refractivity (Wildman–Crippen MR) is 137 cm³/mol. The molecule has 0 radical (unpaired) electrons. The van der Waals surface area contributed by atoms with E-state index in [1.165, 1.54) is 0 Å². The summed E-state index contributed by atoms with van der Waals surface area (Å²) >= 11 is 0. The SMILES string of the molecule is CCC(C(=O)O)c1cccc(Oc2ccc(-c3c(C)noc3NC(=O)OC(C)c3ccccc3)cn2)c1. The minimum Gasteiger partial charge on any atom is -0.481 e. The van der Waals surface area contributed by atoms with Gasteiger partial charge in [-0.2, -0.15) is 0 Å². The average molecular weight is 502 g/mol. The molecule has 2 unspecified atom stereocenters. The number of amides is 1. The number of carbonyl (C=O) groups excluding carboxylic acids is 1. The number of aryl methyl sites for hydroxylation is 1. The summed E-state index contributed by atoms with van der Waals surface area (Å²) in [5.74, 6) is -0.539. The summed E-state index contributed by atoms with van der Waals surface area (Å²) in [6, 6.07) is 19.8. The van der Waals surface area contributed by atoms with Crippen LogP contribution in [-0.2, 0) is 9.53 Å². The van der Waals surface area contributed by atoms with Gasteiger partial charge in [0, 0.05) is 17.8 Å². The number of nitrogens with one attached hydrogen (secondary N) is 1. The smallest absolute Gasteiger partial charge is 0.414 e. The van der Waals surface area contributed by atoms with Crippen molar-refractivity contribution in [2.24, 2.45) is 0 Å². The first kappa shape index (κ1) is 25.4. The molecule has 0 saturated heterocycles. The molecule has 2 heterocycles. The Balaban J connectivity index is 1.46. The summed E-state index contributed by atoms with van der Waals surface area (Å²) < 4.78 is 16.6. The zero-order valence-electron chi connectivity index (χ0n) is 20.7. The molecule has 0 aliphatic rings. The maximum Gasteiger partial charge on any atom is 0.414 e. The van der Waals surface area contributed by atoms with Gasteiger partial charge in [0.15, 0.2) is 0 Å². The Morgan fingerprint density at radius 2 is 1.81 bits per heavy atom. The summed E-state index contributed by atoms with van der Waals surface area (Å²) in [6.45, 7) is 5.36. The summed E-state index contributed by atoms with van der Waals surface area (Å²) in [5.41, 5.74) is 3.31. The molecule has 2 aromatic heterocycles. The minimum absolute atomic E-state index is 0.144. The van der Waals surface area contributed by atoms with Gasteiger partial charge in [-0.3, -0.25) is 10.1 Å². The van der Waals surface area contributed by atoms with Crippen molar-refractivity contribution in [1.82, 2.24) is 10.1 Å². The topological polar surface area (TPSA) is 124 Å². The number of carbonyl (C=O) groups is 2. The number of aliphatic carboxylic acids is 1. The molecule has 190 valence electrons. The molecule has 4 aromatic rings. The first-order valence-corrected chi connectivity index (χ1v) is 11.8. The predicted octanol–water partition coefficient (Wildman–Crippen LogP) is 6.73. The number of nitrogens with zero attached hydrogens (tertiary/aromatic N) is 2. The Labute approximate surface area is 214 Å². The number of carboxylic acid groups (broad SMARTS) is 1. The van der Waals surface area contributed by atoms with E-state index < -0.39 is 24.1 Å². The van der Waals surface area contributed by atoms with E-state index in [9.17, 15) is 14.7 Å². The molecule has 0 fully saturated rings. The summed E-state index contributed by atoms with van der Waals surface area (Å²) in [5, 5.41) is 16.0. The van der Waals surface area contributed by atoms with Crippen LogP contribution in [0.1, 0.15) is 49.1 Å². The molecular formula is C28H27N3O6. The zero-order valence-corrected chi connectivity index (χ0v) is 20.7. The first-order chi connectivity index (χ1) is 17.9. The number of hydrogen-bond acceptors (Lipinski definition) is 7. The number of anilines is 1. The van der Waals surface area contributed by atoms with Crippen LogP contribution in [0.3, 0.4) is 0 Å². The number of aromatic nitrogens is 2. The van der Waals surface area contributed by atoms with Gasteiger partial charge >= 0.3 is 12.1 Å². The molecule has 2 atom stereocenters. The van der Waals surface area contributed by atoms with Crippen LogP contribution in [0.5, 0.6) is 11.6 Å². The lowest BCUT2D eigenvalue weighted by Gasteiger charge is -2.14. The number of benzene rings is 2. The van der Waals surface area contributed by atoms with E-state index in [2.05, 4.69) is 15.5 Å². The van der Waals surface area contributed by atoms with Crippen LogP contribution in [0, 0.1) is 6.92 Å². The Kier molecular flexibility index (Phi) is 7.83. The van der Waals surface area contributed by atoms with Gasteiger partial charge < -0.3 is 19.1 Å². The monoisotopic (exact) mass is 501 g/mol. The van der Waals surface area contributed by atoms with Crippen LogP contribution in [0.15, 0.2) is 77.4 Å². The van der Waals surface area contributed by atoms with E-state index in [4.69, 9.17) is 14.0 Å². The molecule has 0 aliphatic heterocycles. The quantitative estimate of drug-likeness (QED) is 0.259. The molecule has 37 heavy (non-hydrogen) atoms. The van der Waals surface area contributed by atoms with E-state index in [1.54, 1.807) is 56.4 Å². The fourth-order valence-electron chi connectivity index (χ4n) is 3.93. The molecule has 4 rings (SSSR count). The third-order valence-corrected chi connectivity index (χ3v) is 5.85. The Morgan fingerprint density at radius 1 is 1.05 bits per heavy atom. The fraction of sp³-hybridized carbons (Fsp3) is 0.214. The van der Waals surface area contributed by atoms with Crippen molar-refractivity contribution < 1.29 is 28.7 Å².